The van der Waals surface area contributed by atoms with Gasteiger partial charge in [-0.3, -0.25) is 9.59 Å². The lowest BCUT2D eigenvalue weighted by molar-refractivity contribution is -0.146. The van der Waals surface area contributed by atoms with Crippen LogP contribution in [0.1, 0.15) is 18.1 Å². The van der Waals surface area contributed by atoms with E-state index in [4.69, 9.17) is 9.47 Å². The highest BCUT2D eigenvalue weighted by molar-refractivity contribution is 5.94. The van der Waals surface area contributed by atoms with Crippen molar-refractivity contribution in [1.29, 1.82) is 0 Å². The Morgan fingerprint density at radius 1 is 1.07 bits per heavy atom. The Balaban J connectivity index is 1.88. The van der Waals surface area contributed by atoms with Gasteiger partial charge in [0.1, 0.15) is 5.75 Å². The van der Waals surface area contributed by atoms with Crippen LogP contribution in [-0.4, -0.2) is 25.1 Å². The summed E-state index contributed by atoms with van der Waals surface area (Å²) in [5, 5.41) is 2.55. The SMILES string of the molecule is CCOc1ccccc1NC(=O)COC(=O)Cc1cccc(C(F)(F)F)c1. The summed E-state index contributed by atoms with van der Waals surface area (Å²) in [5.41, 5.74) is -0.270. The predicted molar refractivity (Wildman–Crippen MR) is 92.3 cm³/mol. The average molecular weight is 381 g/mol. The van der Waals surface area contributed by atoms with E-state index >= 15 is 0 Å². The summed E-state index contributed by atoms with van der Waals surface area (Å²) < 4.78 is 48.2. The van der Waals surface area contributed by atoms with Crippen molar-refractivity contribution in [2.45, 2.75) is 19.5 Å². The van der Waals surface area contributed by atoms with Crippen molar-refractivity contribution >= 4 is 17.6 Å². The first-order valence-electron chi connectivity index (χ1n) is 8.13. The summed E-state index contributed by atoms with van der Waals surface area (Å²) in [6.45, 7) is 1.66. The minimum absolute atomic E-state index is 0.150. The van der Waals surface area contributed by atoms with E-state index in [9.17, 15) is 22.8 Å². The molecule has 0 atom stereocenters. The van der Waals surface area contributed by atoms with Crippen LogP contribution in [0, 0.1) is 0 Å². The van der Waals surface area contributed by atoms with Crippen LogP contribution in [0.3, 0.4) is 0 Å². The number of amides is 1. The molecule has 0 saturated heterocycles. The topological polar surface area (TPSA) is 64.6 Å². The molecule has 0 aliphatic rings. The molecule has 1 N–H and O–H groups in total. The molecule has 27 heavy (non-hydrogen) atoms. The van der Waals surface area contributed by atoms with E-state index in [0.717, 1.165) is 12.1 Å². The van der Waals surface area contributed by atoms with Crippen molar-refractivity contribution in [3.05, 3.63) is 59.7 Å². The molecule has 0 radical (unpaired) electrons. The molecule has 0 saturated carbocycles. The molecular formula is C19H18F3NO4. The van der Waals surface area contributed by atoms with Crippen molar-refractivity contribution in [2.75, 3.05) is 18.5 Å². The van der Waals surface area contributed by atoms with Crippen molar-refractivity contribution < 1.29 is 32.2 Å². The highest BCUT2D eigenvalue weighted by Crippen LogP contribution is 2.29. The van der Waals surface area contributed by atoms with Gasteiger partial charge in [-0.2, -0.15) is 13.2 Å². The summed E-state index contributed by atoms with van der Waals surface area (Å²) in [5.74, 6) is -0.911. The van der Waals surface area contributed by atoms with E-state index in [0.29, 0.717) is 18.0 Å². The Morgan fingerprint density at radius 2 is 1.81 bits per heavy atom. The Hall–Kier alpha value is -3.03. The fourth-order valence-electron chi connectivity index (χ4n) is 2.26. The van der Waals surface area contributed by atoms with Crippen LogP contribution in [-0.2, 0) is 26.9 Å². The zero-order valence-electron chi connectivity index (χ0n) is 14.5. The fraction of sp³-hybridized carbons (Fsp3) is 0.263. The molecule has 2 rings (SSSR count). The van der Waals surface area contributed by atoms with E-state index in [1.54, 1.807) is 31.2 Å². The lowest BCUT2D eigenvalue weighted by Gasteiger charge is -2.11. The number of rotatable bonds is 7. The van der Waals surface area contributed by atoms with E-state index in [1.165, 1.54) is 12.1 Å². The van der Waals surface area contributed by atoms with Crippen molar-refractivity contribution in [3.8, 4) is 5.75 Å². The van der Waals surface area contributed by atoms with Crippen LogP contribution in [0.4, 0.5) is 18.9 Å². The number of hydrogen-bond acceptors (Lipinski definition) is 4. The van der Waals surface area contributed by atoms with Gasteiger partial charge in [-0.25, -0.2) is 0 Å². The molecule has 8 heteroatoms. The van der Waals surface area contributed by atoms with Crippen LogP contribution in [0.25, 0.3) is 0 Å². The van der Waals surface area contributed by atoms with Crippen LogP contribution in [0.15, 0.2) is 48.5 Å². The first kappa shape index (κ1) is 20.3. The van der Waals surface area contributed by atoms with Crippen LogP contribution in [0.5, 0.6) is 5.75 Å². The number of benzene rings is 2. The number of hydrogen-bond donors (Lipinski definition) is 1. The standard InChI is InChI=1S/C19H18F3NO4/c1-2-26-16-9-4-3-8-15(16)23-17(24)12-27-18(25)11-13-6-5-7-14(10-13)19(20,21)22/h3-10H,2,11-12H2,1H3,(H,23,24). The molecular weight excluding hydrogens is 363 g/mol. The fourth-order valence-corrected chi connectivity index (χ4v) is 2.26. The van der Waals surface area contributed by atoms with Gasteiger partial charge in [-0.15, -0.1) is 0 Å². The third kappa shape index (κ3) is 6.32. The smallest absolute Gasteiger partial charge is 0.416 e. The second-order valence-corrected chi connectivity index (χ2v) is 5.51. The Bertz CT molecular complexity index is 806. The number of para-hydroxylation sites is 2. The molecule has 2 aromatic carbocycles. The van der Waals surface area contributed by atoms with Gasteiger partial charge in [0.2, 0.25) is 0 Å². The Labute approximate surface area is 154 Å². The normalized spacial score (nSPS) is 11.0. The van der Waals surface area contributed by atoms with Gasteiger partial charge in [-0.05, 0) is 30.7 Å². The third-order valence-corrected chi connectivity index (χ3v) is 3.43. The zero-order chi connectivity index (χ0) is 19.9. The summed E-state index contributed by atoms with van der Waals surface area (Å²) in [7, 11) is 0. The van der Waals surface area contributed by atoms with Gasteiger partial charge in [0.05, 0.1) is 24.3 Å². The molecule has 0 aromatic heterocycles. The van der Waals surface area contributed by atoms with Gasteiger partial charge in [-0.1, -0.05) is 30.3 Å². The maximum absolute atomic E-state index is 12.7. The summed E-state index contributed by atoms with van der Waals surface area (Å²) in [6.07, 6.45) is -4.86. The molecule has 0 heterocycles. The molecule has 0 unspecified atom stereocenters. The number of esters is 1. The molecule has 2 aromatic rings. The highest BCUT2D eigenvalue weighted by atomic mass is 19.4. The van der Waals surface area contributed by atoms with Crippen molar-refractivity contribution in [3.63, 3.8) is 0 Å². The van der Waals surface area contributed by atoms with Gasteiger partial charge < -0.3 is 14.8 Å². The van der Waals surface area contributed by atoms with E-state index in [-0.39, 0.29) is 12.0 Å². The van der Waals surface area contributed by atoms with Crippen LogP contribution >= 0.6 is 0 Å². The first-order valence-corrected chi connectivity index (χ1v) is 8.13. The maximum atomic E-state index is 12.7. The summed E-state index contributed by atoms with van der Waals surface area (Å²) >= 11 is 0. The second kappa shape index (κ2) is 9.07. The molecule has 1 amide bonds. The number of carbonyl (C=O) groups is 2. The van der Waals surface area contributed by atoms with Gasteiger partial charge in [0.25, 0.3) is 5.91 Å². The molecule has 0 fully saturated rings. The number of ether oxygens (including phenoxy) is 2. The maximum Gasteiger partial charge on any atom is 0.416 e. The number of anilines is 1. The van der Waals surface area contributed by atoms with E-state index in [1.807, 2.05) is 0 Å². The van der Waals surface area contributed by atoms with Crippen LogP contribution < -0.4 is 10.1 Å². The third-order valence-electron chi connectivity index (χ3n) is 3.43. The first-order chi connectivity index (χ1) is 12.8. The summed E-state index contributed by atoms with van der Waals surface area (Å²) in [6, 6.07) is 11.1. The summed E-state index contributed by atoms with van der Waals surface area (Å²) in [4.78, 5) is 23.7. The molecule has 0 spiro atoms. The molecule has 0 bridgehead atoms. The quantitative estimate of drug-likeness (QED) is 0.741. The molecule has 144 valence electrons. The zero-order valence-corrected chi connectivity index (χ0v) is 14.5. The lowest BCUT2D eigenvalue weighted by Crippen LogP contribution is -2.22. The molecule has 5 nitrogen and oxygen atoms in total. The van der Waals surface area contributed by atoms with Crippen molar-refractivity contribution in [1.82, 2.24) is 0 Å². The second-order valence-electron chi connectivity index (χ2n) is 5.51. The monoisotopic (exact) mass is 381 g/mol. The minimum Gasteiger partial charge on any atom is -0.492 e. The number of alkyl halides is 3. The Kier molecular flexibility index (Phi) is 6.81. The molecule has 0 aliphatic heterocycles. The predicted octanol–water partition coefficient (Wildman–Crippen LogP) is 3.83. The molecule has 0 aliphatic carbocycles. The van der Waals surface area contributed by atoms with Gasteiger partial charge in [0.15, 0.2) is 6.61 Å². The average Bonchev–Trinajstić information content (AvgIpc) is 2.61. The number of carbonyl (C=O) groups excluding carboxylic acids is 2. The largest absolute Gasteiger partial charge is 0.492 e. The van der Waals surface area contributed by atoms with E-state index < -0.39 is 30.2 Å². The van der Waals surface area contributed by atoms with Gasteiger partial charge in [0, 0.05) is 0 Å². The minimum atomic E-state index is -4.49. The lowest BCUT2D eigenvalue weighted by atomic mass is 10.1. The number of nitrogens with one attached hydrogen (secondary N) is 1. The van der Waals surface area contributed by atoms with Crippen molar-refractivity contribution in [2.24, 2.45) is 0 Å². The number of halogens is 3. The Morgan fingerprint density at radius 3 is 2.52 bits per heavy atom. The van der Waals surface area contributed by atoms with E-state index in [2.05, 4.69) is 5.32 Å². The van der Waals surface area contributed by atoms with Gasteiger partial charge >= 0.3 is 12.1 Å². The van der Waals surface area contributed by atoms with Crippen LogP contribution in [0.2, 0.25) is 0 Å². The highest BCUT2D eigenvalue weighted by Gasteiger charge is 2.30.